The highest BCUT2D eigenvalue weighted by atomic mass is 16.5. The molecule has 0 saturated carbocycles. The first-order valence-electron chi connectivity index (χ1n) is 7.07. The molecule has 0 aromatic heterocycles. The normalized spacial score (nSPS) is 12.2. The Kier molecular flexibility index (Phi) is 4.80. The number of rotatable bonds is 5. The van der Waals surface area contributed by atoms with E-state index in [0.717, 1.165) is 12.2 Å². The topological polar surface area (TPSA) is 35.2 Å². The Morgan fingerprint density at radius 1 is 1.00 bits per heavy atom. The highest BCUT2D eigenvalue weighted by molar-refractivity contribution is 5.41. The van der Waals surface area contributed by atoms with Crippen LogP contribution in [0.4, 0.5) is 0 Å². The van der Waals surface area contributed by atoms with E-state index >= 15 is 0 Å². The highest BCUT2D eigenvalue weighted by Gasteiger charge is 2.14. The summed E-state index contributed by atoms with van der Waals surface area (Å²) in [6, 6.07) is 15.1. The first-order valence-corrected chi connectivity index (χ1v) is 7.07. The summed E-state index contributed by atoms with van der Waals surface area (Å²) >= 11 is 0. The van der Waals surface area contributed by atoms with Gasteiger partial charge in [0, 0.05) is 5.92 Å². The summed E-state index contributed by atoms with van der Waals surface area (Å²) in [7, 11) is 1.71. The molecule has 2 nitrogen and oxygen atoms in total. The van der Waals surface area contributed by atoms with Crippen molar-refractivity contribution in [1.82, 2.24) is 0 Å². The molecule has 0 bridgehead atoms. The Hall–Kier alpha value is -1.80. The number of ether oxygens (including phenoxy) is 1. The van der Waals surface area contributed by atoms with Crippen LogP contribution in [-0.2, 0) is 0 Å². The zero-order valence-corrected chi connectivity index (χ0v) is 12.5. The van der Waals surface area contributed by atoms with Crippen molar-refractivity contribution >= 4 is 0 Å². The third-order valence-corrected chi connectivity index (χ3v) is 3.76. The van der Waals surface area contributed by atoms with E-state index in [-0.39, 0.29) is 0 Å². The van der Waals surface area contributed by atoms with Gasteiger partial charge in [-0.3, -0.25) is 0 Å². The second-order valence-corrected chi connectivity index (χ2v) is 5.27. The van der Waals surface area contributed by atoms with Crippen LogP contribution in [0.5, 0.6) is 5.75 Å². The van der Waals surface area contributed by atoms with Gasteiger partial charge in [-0.05, 0) is 49.6 Å². The van der Waals surface area contributed by atoms with Crippen molar-refractivity contribution < 1.29 is 4.74 Å². The Bertz CT molecular complexity index is 560. The molecule has 1 unspecified atom stereocenters. The van der Waals surface area contributed by atoms with Crippen LogP contribution in [0.2, 0.25) is 0 Å². The molecule has 1 atom stereocenters. The molecule has 0 aliphatic heterocycles. The summed E-state index contributed by atoms with van der Waals surface area (Å²) in [6.45, 7) is 4.87. The minimum atomic E-state index is 0.352. The third kappa shape index (κ3) is 3.20. The summed E-state index contributed by atoms with van der Waals surface area (Å²) in [5.41, 5.74) is 10.9. The van der Waals surface area contributed by atoms with Gasteiger partial charge in [-0.15, -0.1) is 0 Å². The van der Waals surface area contributed by atoms with Crippen molar-refractivity contribution in [1.29, 1.82) is 0 Å². The molecule has 2 aromatic carbocycles. The van der Waals surface area contributed by atoms with Crippen molar-refractivity contribution in [3.63, 3.8) is 0 Å². The van der Waals surface area contributed by atoms with E-state index in [0.29, 0.717) is 12.5 Å². The fraction of sp³-hybridized carbons (Fsp3) is 0.333. The van der Waals surface area contributed by atoms with Crippen molar-refractivity contribution in [3.05, 3.63) is 64.7 Å². The van der Waals surface area contributed by atoms with E-state index in [1.165, 1.54) is 22.3 Å². The van der Waals surface area contributed by atoms with Crippen LogP contribution >= 0.6 is 0 Å². The van der Waals surface area contributed by atoms with E-state index in [1.54, 1.807) is 7.11 Å². The van der Waals surface area contributed by atoms with Gasteiger partial charge in [0.2, 0.25) is 0 Å². The fourth-order valence-corrected chi connectivity index (χ4v) is 2.61. The molecule has 0 fully saturated rings. The van der Waals surface area contributed by atoms with Gasteiger partial charge in [0.1, 0.15) is 5.75 Å². The van der Waals surface area contributed by atoms with Gasteiger partial charge in [0.25, 0.3) is 0 Å². The third-order valence-electron chi connectivity index (χ3n) is 3.76. The fourth-order valence-electron chi connectivity index (χ4n) is 2.61. The standard InChI is InChI=1S/C18H23NO/c1-13-4-6-15(7-5-13)17(10-11-19)16-8-9-18(20-3)14(2)12-16/h4-9,12,17H,10-11,19H2,1-3H3. The summed E-state index contributed by atoms with van der Waals surface area (Å²) in [5.74, 6) is 1.29. The van der Waals surface area contributed by atoms with Crippen LogP contribution < -0.4 is 10.5 Å². The zero-order chi connectivity index (χ0) is 14.5. The maximum Gasteiger partial charge on any atom is 0.121 e. The summed E-state index contributed by atoms with van der Waals surface area (Å²) in [5, 5.41) is 0. The number of hydrogen-bond donors (Lipinski definition) is 1. The summed E-state index contributed by atoms with van der Waals surface area (Å²) in [4.78, 5) is 0. The molecule has 0 aliphatic rings. The molecule has 2 aromatic rings. The number of nitrogens with two attached hydrogens (primary N) is 1. The molecular formula is C18H23NO. The lowest BCUT2D eigenvalue weighted by atomic mass is 9.87. The zero-order valence-electron chi connectivity index (χ0n) is 12.5. The van der Waals surface area contributed by atoms with Crippen molar-refractivity contribution in [2.24, 2.45) is 5.73 Å². The lowest BCUT2D eigenvalue weighted by Crippen LogP contribution is -2.09. The maximum absolute atomic E-state index is 5.80. The summed E-state index contributed by atoms with van der Waals surface area (Å²) < 4.78 is 5.34. The van der Waals surface area contributed by atoms with E-state index in [2.05, 4.69) is 50.2 Å². The number of aryl methyl sites for hydroxylation is 2. The van der Waals surface area contributed by atoms with Gasteiger partial charge in [-0.2, -0.15) is 0 Å². The largest absolute Gasteiger partial charge is 0.496 e. The molecule has 2 N–H and O–H groups in total. The average Bonchev–Trinajstić information content (AvgIpc) is 2.46. The Morgan fingerprint density at radius 3 is 2.20 bits per heavy atom. The molecule has 0 saturated heterocycles. The van der Waals surface area contributed by atoms with Crippen LogP contribution in [0.25, 0.3) is 0 Å². The van der Waals surface area contributed by atoms with Gasteiger partial charge >= 0.3 is 0 Å². The molecule has 0 radical (unpaired) electrons. The van der Waals surface area contributed by atoms with Crippen molar-refractivity contribution in [2.75, 3.05) is 13.7 Å². The first-order chi connectivity index (χ1) is 9.65. The maximum atomic E-state index is 5.80. The van der Waals surface area contributed by atoms with Crippen molar-refractivity contribution in [3.8, 4) is 5.75 Å². The molecule has 2 heteroatoms. The molecule has 0 aliphatic carbocycles. The monoisotopic (exact) mass is 269 g/mol. The van der Waals surface area contributed by atoms with Gasteiger partial charge in [-0.1, -0.05) is 42.0 Å². The predicted molar refractivity (Wildman–Crippen MR) is 84.4 cm³/mol. The number of benzene rings is 2. The molecular weight excluding hydrogens is 246 g/mol. The van der Waals surface area contributed by atoms with E-state index in [9.17, 15) is 0 Å². The molecule has 106 valence electrons. The SMILES string of the molecule is COc1ccc(C(CCN)c2ccc(C)cc2)cc1C. The van der Waals surface area contributed by atoms with E-state index in [1.807, 2.05) is 6.07 Å². The van der Waals surface area contributed by atoms with Gasteiger partial charge < -0.3 is 10.5 Å². The van der Waals surface area contributed by atoms with E-state index < -0.39 is 0 Å². The van der Waals surface area contributed by atoms with Crippen LogP contribution in [0.15, 0.2) is 42.5 Å². The molecule has 0 amide bonds. The Morgan fingerprint density at radius 2 is 1.65 bits per heavy atom. The number of hydrogen-bond acceptors (Lipinski definition) is 2. The second-order valence-electron chi connectivity index (χ2n) is 5.27. The van der Waals surface area contributed by atoms with Crippen LogP contribution in [0.1, 0.15) is 34.6 Å². The van der Waals surface area contributed by atoms with Gasteiger partial charge in [0.15, 0.2) is 0 Å². The molecule has 0 spiro atoms. The van der Waals surface area contributed by atoms with Gasteiger partial charge in [0.05, 0.1) is 7.11 Å². The first kappa shape index (κ1) is 14.6. The van der Waals surface area contributed by atoms with Gasteiger partial charge in [-0.25, -0.2) is 0 Å². The minimum absolute atomic E-state index is 0.352. The Labute approximate surface area is 121 Å². The highest BCUT2D eigenvalue weighted by Crippen LogP contribution is 2.30. The van der Waals surface area contributed by atoms with E-state index in [4.69, 9.17) is 10.5 Å². The van der Waals surface area contributed by atoms with Crippen molar-refractivity contribution in [2.45, 2.75) is 26.2 Å². The Balaban J connectivity index is 2.37. The quantitative estimate of drug-likeness (QED) is 0.896. The van der Waals surface area contributed by atoms with Crippen LogP contribution in [0.3, 0.4) is 0 Å². The summed E-state index contributed by atoms with van der Waals surface area (Å²) in [6.07, 6.45) is 0.953. The molecule has 2 rings (SSSR count). The number of methoxy groups -OCH3 is 1. The molecule has 0 heterocycles. The molecule has 20 heavy (non-hydrogen) atoms. The average molecular weight is 269 g/mol. The minimum Gasteiger partial charge on any atom is -0.496 e. The lowest BCUT2D eigenvalue weighted by molar-refractivity contribution is 0.411. The lowest BCUT2D eigenvalue weighted by Gasteiger charge is -2.19. The van der Waals surface area contributed by atoms with Crippen LogP contribution in [-0.4, -0.2) is 13.7 Å². The second kappa shape index (κ2) is 6.58. The predicted octanol–water partition coefficient (Wildman–Crippen LogP) is 3.79. The van der Waals surface area contributed by atoms with Crippen LogP contribution in [0, 0.1) is 13.8 Å². The smallest absolute Gasteiger partial charge is 0.121 e.